The lowest BCUT2D eigenvalue weighted by molar-refractivity contribution is -0.118. The number of nitrogens with zero attached hydrogens (tertiary/aromatic N) is 2. The van der Waals surface area contributed by atoms with E-state index in [-0.39, 0.29) is 36.5 Å². The summed E-state index contributed by atoms with van der Waals surface area (Å²) in [5, 5.41) is 5.49. The third-order valence-electron chi connectivity index (χ3n) is 9.24. The van der Waals surface area contributed by atoms with E-state index >= 15 is 0 Å². The molecule has 2 atom stereocenters. The predicted octanol–water partition coefficient (Wildman–Crippen LogP) is 8.08. The monoisotopic (exact) mass is 641 g/mol. The third-order valence-corrected chi connectivity index (χ3v) is 11.2. The molecule has 2 amide bonds. The Kier molecular flexibility index (Phi) is 7.56. The molecule has 8 heteroatoms. The molecule has 2 aliphatic rings. The molecule has 224 valence electrons. The lowest BCUT2D eigenvalue weighted by Crippen LogP contribution is -2.32. The summed E-state index contributed by atoms with van der Waals surface area (Å²) in [4.78, 5) is 31.0. The Bertz CT molecular complexity index is 1950. The number of nitrogen functional groups attached to an aromatic ring is 1. The van der Waals surface area contributed by atoms with Gasteiger partial charge in [-0.15, -0.1) is 34.5 Å². The van der Waals surface area contributed by atoms with E-state index in [0.29, 0.717) is 30.5 Å². The van der Waals surface area contributed by atoms with E-state index in [1.54, 1.807) is 11.3 Å². The highest BCUT2D eigenvalue weighted by molar-refractivity contribution is 7.17. The summed E-state index contributed by atoms with van der Waals surface area (Å²) in [5.74, 6) is 1.12. The molecule has 2 aliphatic heterocycles. The van der Waals surface area contributed by atoms with Crippen molar-refractivity contribution in [3.63, 3.8) is 0 Å². The fraction of sp³-hybridized carbons (Fsp3) is 0.278. The van der Waals surface area contributed by atoms with Gasteiger partial charge in [0.15, 0.2) is 0 Å². The van der Waals surface area contributed by atoms with Gasteiger partial charge in [0.25, 0.3) is 0 Å². The van der Waals surface area contributed by atoms with Crippen LogP contribution in [0.2, 0.25) is 0 Å². The second-order valence-electron chi connectivity index (χ2n) is 12.1. The molecule has 5 nitrogen and oxygen atoms in total. The number of fused-ring (bicyclic) bond motifs is 6. The first-order chi connectivity index (χ1) is 21.3. The van der Waals surface area contributed by atoms with Crippen LogP contribution in [0.15, 0.2) is 66.0 Å². The van der Waals surface area contributed by atoms with Gasteiger partial charge in [-0.05, 0) is 70.1 Å². The lowest BCUT2D eigenvalue weighted by Gasteiger charge is -2.19. The predicted molar refractivity (Wildman–Crippen MR) is 185 cm³/mol. The normalized spacial score (nSPS) is 17.5. The second-order valence-corrected chi connectivity index (χ2v) is 13.6. The van der Waals surface area contributed by atoms with Crippen LogP contribution in [0.4, 0.5) is 17.1 Å². The van der Waals surface area contributed by atoms with Crippen molar-refractivity contribution < 1.29 is 9.59 Å². The van der Waals surface area contributed by atoms with Gasteiger partial charge >= 0.3 is 0 Å². The minimum absolute atomic E-state index is 0.00331. The summed E-state index contributed by atoms with van der Waals surface area (Å²) in [6.45, 7) is 5.38. The Morgan fingerprint density at radius 1 is 0.795 bits per heavy atom. The smallest absolute Gasteiger partial charge is 0.231 e. The zero-order valence-corrected chi connectivity index (χ0v) is 27.0. The summed E-state index contributed by atoms with van der Waals surface area (Å²) in [7, 11) is 0. The summed E-state index contributed by atoms with van der Waals surface area (Å²) in [6.07, 6.45) is 0.535. The molecule has 0 spiro atoms. The quantitative estimate of drug-likeness (QED) is 0.151. The third kappa shape index (κ3) is 4.75. The zero-order chi connectivity index (χ0) is 30.7. The topological polar surface area (TPSA) is 66.6 Å². The number of hydrogen-bond donors (Lipinski definition) is 1. The average Bonchev–Trinajstić information content (AvgIpc) is 3.71. The molecule has 5 aromatic rings. The summed E-state index contributed by atoms with van der Waals surface area (Å²) >= 11 is 14.6. The standard InChI is InChI=1S/C36H33Cl2N3O2S/c1-20-11-29-35(33-21(2)19-44-36(20)33)25(16-38)18-40(29)31(42)12-22-7-9-23(10-8-22)13-32(43)41-17-24(15-37)34-27-6-4-3-5-26(27)28(39)14-30(34)41/h3-11,14,19,24-25H,12-13,15-18,39H2,1-2H3/t24-,25-/m1/s1. The number of halogens is 2. The van der Waals surface area contributed by atoms with Crippen LogP contribution in [0.5, 0.6) is 0 Å². The minimum Gasteiger partial charge on any atom is -0.398 e. The first-order valence-corrected chi connectivity index (χ1v) is 16.9. The van der Waals surface area contributed by atoms with E-state index in [9.17, 15) is 9.59 Å². The Morgan fingerprint density at radius 3 is 1.93 bits per heavy atom. The van der Waals surface area contributed by atoms with Crippen molar-refractivity contribution >= 4 is 84.3 Å². The maximum atomic E-state index is 13.6. The molecule has 0 saturated carbocycles. The van der Waals surface area contributed by atoms with Crippen molar-refractivity contribution in [2.45, 2.75) is 38.5 Å². The van der Waals surface area contributed by atoms with Gasteiger partial charge < -0.3 is 15.5 Å². The van der Waals surface area contributed by atoms with E-state index in [1.165, 1.54) is 26.8 Å². The molecule has 0 saturated heterocycles. The van der Waals surface area contributed by atoms with Crippen molar-refractivity contribution in [2.75, 3.05) is 40.4 Å². The maximum Gasteiger partial charge on any atom is 0.231 e. The van der Waals surface area contributed by atoms with Gasteiger partial charge in [0, 0.05) is 69.2 Å². The Morgan fingerprint density at radius 2 is 1.34 bits per heavy atom. The molecule has 0 fully saturated rings. The first-order valence-electron chi connectivity index (χ1n) is 14.9. The molecule has 2 N–H and O–H groups in total. The zero-order valence-electron chi connectivity index (χ0n) is 24.7. The van der Waals surface area contributed by atoms with Crippen LogP contribution in [-0.2, 0) is 22.4 Å². The fourth-order valence-corrected chi connectivity index (χ4v) is 8.65. The molecule has 0 radical (unpaired) electrons. The molecule has 44 heavy (non-hydrogen) atoms. The molecule has 0 bridgehead atoms. The largest absolute Gasteiger partial charge is 0.398 e. The number of thiophene rings is 1. The van der Waals surface area contributed by atoms with Crippen LogP contribution >= 0.6 is 34.5 Å². The molecular weight excluding hydrogens is 609 g/mol. The van der Waals surface area contributed by atoms with Gasteiger partial charge in [0.2, 0.25) is 11.8 Å². The van der Waals surface area contributed by atoms with Gasteiger partial charge in [-0.3, -0.25) is 9.59 Å². The van der Waals surface area contributed by atoms with Crippen LogP contribution in [-0.4, -0.2) is 36.7 Å². The number of carbonyl (C=O) groups is 2. The molecule has 7 rings (SSSR count). The average molecular weight is 643 g/mol. The van der Waals surface area contributed by atoms with Crippen molar-refractivity contribution in [1.82, 2.24) is 0 Å². The molecule has 1 aromatic heterocycles. The number of amides is 2. The van der Waals surface area contributed by atoms with Crippen LogP contribution in [0.3, 0.4) is 0 Å². The molecule has 0 aliphatic carbocycles. The van der Waals surface area contributed by atoms with E-state index in [4.69, 9.17) is 28.9 Å². The van der Waals surface area contributed by atoms with Gasteiger partial charge in [-0.1, -0.05) is 48.5 Å². The van der Waals surface area contributed by atoms with Crippen LogP contribution in [0.25, 0.3) is 20.9 Å². The van der Waals surface area contributed by atoms with Crippen molar-refractivity contribution in [1.29, 1.82) is 0 Å². The Labute approximate surface area is 271 Å². The lowest BCUT2D eigenvalue weighted by atomic mass is 9.95. The summed E-state index contributed by atoms with van der Waals surface area (Å²) < 4.78 is 1.28. The molecule has 0 unspecified atom stereocenters. The maximum absolute atomic E-state index is 13.6. The number of anilines is 3. The van der Waals surface area contributed by atoms with E-state index in [1.807, 2.05) is 58.3 Å². The second kappa shape index (κ2) is 11.4. The number of rotatable bonds is 6. The summed E-state index contributed by atoms with van der Waals surface area (Å²) in [5.41, 5.74) is 15.4. The molecule has 3 heterocycles. The van der Waals surface area contributed by atoms with E-state index < -0.39 is 0 Å². The van der Waals surface area contributed by atoms with Crippen LogP contribution in [0, 0.1) is 13.8 Å². The minimum atomic E-state index is 0.00331. The van der Waals surface area contributed by atoms with Crippen LogP contribution < -0.4 is 15.5 Å². The highest BCUT2D eigenvalue weighted by atomic mass is 35.5. The van der Waals surface area contributed by atoms with Crippen molar-refractivity contribution in [2.24, 2.45) is 0 Å². The molecular formula is C36H33Cl2N3O2S. The van der Waals surface area contributed by atoms with Crippen LogP contribution in [0.1, 0.15) is 45.2 Å². The summed E-state index contributed by atoms with van der Waals surface area (Å²) in [6, 6.07) is 19.9. The first kappa shape index (κ1) is 29.1. The SMILES string of the molecule is Cc1cc2c(c3c(C)csc13)[C@H](CCl)CN2C(=O)Cc1ccc(CC(=O)N2C[C@@H](CCl)c3c2cc(N)c2ccccc32)cc1. The van der Waals surface area contributed by atoms with E-state index in [0.717, 1.165) is 38.8 Å². The number of benzene rings is 4. The number of carbonyl (C=O) groups excluding carboxylic acids is 2. The Hall–Kier alpha value is -3.58. The number of hydrogen-bond acceptors (Lipinski definition) is 4. The number of aryl methyl sites for hydroxylation is 2. The highest BCUT2D eigenvalue weighted by Crippen LogP contribution is 2.47. The van der Waals surface area contributed by atoms with Crippen molar-refractivity contribution in [3.8, 4) is 0 Å². The molecule has 4 aromatic carbocycles. The van der Waals surface area contributed by atoms with Gasteiger partial charge in [0.1, 0.15) is 0 Å². The fourth-order valence-electron chi connectivity index (χ4n) is 7.10. The van der Waals surface area contributed by atoms with Gasteiger partial charge in [-0.2, -0.15) is 0 Å². The highest BCUT2D eigenvalue weighted by Gasteiger charge is 2.36. The number of nitrogens with two attached hydrogens (primary N) is 1. The number of alkyl halides is 2. The Balaban J connectivity index is 1.08. The van der Waals surface area contributed by atoms with Crippen molar-refractivity contribution in [3.05, 3.63) is 99.4 Å². The van der Waals surface area contributed by atoms with Gasteiger partial charge in [0.05, 0.1) is 12.8 Å². The van der Waals surface area contributed by atoms with E-state index in [2.05, 4.69) is 31.4 Å². The van der Waals surface area contributed by atoms with Gasteiger partial charge in [-0.25, -0.2) is 0 Å².